The summed E-state index contributed by atoms with van der Waals surface area (Å²) in [7, 11) is -2.37. The Bertz CT molecular complexity index is 1020. The summed E-state index contributed by atoms with van der Waals surface area (Å²) in [5.41, 5.74) is 21.9. The minimum Gasteiger partial charge on any atom is -0.321 e. The van der Waals surface area contributed by atoms with Gasteiger partial charge in [0.1, 0.15) is 16.1 Å². The van der Waals surface area contributed by atoms with Crippen LogP contribution in [0.15, 0.2) is 48.5 Å². The summed E-state index contributed by atoms with van der Waals surface area (Å²) >= 11 is 2.30. The van der Waals surface area contributed by atoms with Gasteiger partial charge in [-0.15, -0.1) is 17.5 Å². The lowest BCUT2D eigenvalue weighted by atomic mass is 10.0. The van der Waals surface area contributed by atoms with E-state index in [2.05, 4.69) is 127 Å². The number of hydrogen-bond donors (Lipinski definition) is 2. The topological polar surface area (TPSA) is 52.0 Å². The number of benzene rings is 2. The van der Waals surface area contributed by atoms with E-state index in [0.717, 1.165) is 31.2 Å². The average molecular weight is 587 g/mol. The Morgan fingerprint density at radius 3 is 1.39 bits per heavy atom. The molecule has 2 nitrogen and oxygen atoms in total. The maximum atomic E-state index is 6.13. The van der Waals surface area contributed by atoms with Crippen LogP contribution in [0.5, 0.6) is 0 Å². The average Bonchev–Trinajstić information content (AvgIpc) is 3.66. The molecule has 0 aliphatic heterocycles. The van der Waals surface area contributed by atoms with Crippen LogP contribution in [0.4, 0.5) is 0 Å². The number of halogens is 1. The fourth-order valence-electron chi connectivity index (χ4n) is 2.77. The Hall–Kier alpha value is -1.36. The van der Waals surface area contributed by atoms with Crippen LogP contribution < -0.4 is 11.5 Å². The van der Waals surface area contributed by atoms with Crippen LogP contribution in [-0.4, -0.2) is 16.1 Å². The highest BCUT2D eigenvalue weighted by Crippen LogP contribution is 2.43. The minimum atomic E-state index is -1.26. The largest absolute Gasteiger partial charge is 0.321 e. The second-order valence-corrected chi connectivity index (χ2v) is 22.1. The molecule has 2 aliphatic carbocycles. The van der Waals surface area contributed by atoms with Gasteiger partial charge in [0, 0.05) is 20.2 Å². The van der Waals surface area contributed by atoms with Crippen molar-refractivity contribution in [1.82, 2.24) is 0 Å². The first-order valence-electron chi connectivity index (χ1n) is 11.6. The molecule has 0 spiro atoms. The van der Waals surface area contributed by atoms with Gasteiger partial charge in [0.25, 0.3) is 0 Å². The van der Waals surface area contributed by atoms with Crippen LogP contribution in [0, 0.1) is 27.0 Å². The van der Waals surface area contributed by atoms with E-state index in [-0.39, 0.29) is 11.1 Å². The Morgan fingerprint density at radius 2 is 1.09 bits per heavy atom. The van der Waals surface area contributed by atoms with E-state index in [0.29, 0.717) is 0 Å². The van der Waals surface area contributed by atoms with Crippen molar-refractivity contribution in [1.29, 1.82) is 0 Å². The zero-order valence-corrected chi connectivity index (χ0v) is 25.2. The highest BCUT2D eigenvalue weighted by molar-refractivity contribution is 14.1. The summed E-state index contributed by atoms with van der Waals surface area (Å²) in [6.45, 7) is 13.2. The van der Waals surface area contributed by atoms with E-state index < -0.39 is 16.1 Å². The number of hydrogen-bond acceptors (Lipinski definition) is 2. The zero-order valence-electron chi connectivity index (χ0n) is 21.1. The quantitative estimate of drug-likeness (QED) is 0.237. The van der Waals surface area contributed by atoms with Crippen LogP contribution in [0.1, 0.15) is 42.4 Å². The van der Waals surface area contributed by atoms with Gasteiger partial charge in [0.05, 0.1) is 0 Å². The molecule has 2 saturated carbocycles. The van der Waals surface area contributed by atoms with Crippen molar-refractivity contribution >= 4 is 38.7 Å². The smallest absolute Gasteiger partial charge is 0.129 e. The second kappa shape index (κ2) is 10.9. The Balaban J connectivity index is 0.000000196. The molecule has 2 fully saturated rings. The lowest BCUT2D eigenvalue weighted by Gasteiger charge is -2.08. The molecule has 4 N–H and O–H groups in total. The molecule has 0 unspecified atom stereocenters. The molecule has 176 valence electrons. The van der Waals surface area contributed by atoms with Gasteiger partial charge in [-0.25, -0.2) is 0 Å². The monoisotopic (exact) mass is 586 g/mol. The normalized spacial score (nSPS) is 17.0. The van der Waals surface area contributed by atoms with Crippen LogP contribution in [0.2, 0.25) is 39.3 Å². The molecule has 2 aromatic carbocycles. The Kier molecular flexibility index (Phi) is 9.23. The van der Waals surface area contributed by atoms with E-state index in [4.69, 9.17) is 17.9 Å². The summed E-state index contributed by atoms with van der Waals surface area (Å²) in [4.78, 5) is 0. The molecule has 5 heteroatoms. The van der Waals surface area contributed by atoms with Gasteiger partial charge in [-0.1, -0.05) is 69.5 Å². The molecule has 2 aromatic rings. The van der Waals surface area contributed by atoms with Crippen molar-refractivity contribution in [2.75, 3.05) is 0 Å². The maximum absolute atomic E-state index is 6.13. The third kappa shape index (κ3) is 10.2. The van der Waals surface area contributed by atoms with E-state index in [1.54, 1.807) is 0 Å². The molecule has 0 radical (unpaired) electrons. The van der Waals surface area contributed by atoms with Crippen LogP contribution in [0.25, 0.3) is 0 Å². The summed E-state index contributed by atoms with van der Waals surface area (Å²) in [5.74, 6) is 3.25. The van der Waals surface area contributed by atoms with Crippen molar-refractivity contribution in [3.63, 3.8) is 0 Å². The predicted molar refractivity (Wildman–Crippen MR) is 158 cm³/mol. The molecule has 0 bridgehead atoms. The summed E-state index contributed by atoms with van der Waals surface area (Å²) in [6, 6.07) is 16.9. The Labute approximate surface area is 217 Å². The van der Waals surface area contributed by atoms with Crippen LogP contribution in [-0.2, 0) is 11.1 Å². The first-order valence-corrected chi connectivity index (χ1v) is 19.7. The molecular formula is C28H39IN2Si2. The fraction of sp³-hybridized carbons (Fsp3) is 0.429. The zero-order chi connectivity index (χ0) is 24.9. The predicted octanol–water partition coefficient (Wildman–Crippen LogP) is 6.60. The van der Waals surface area contributed by atoms with E-state index in [9.17, 15) is 0 Å². The molecular weight excluding hydrogens is 547 g/mol. The summed E-state index contributed by atoms with van der Waals surface area (Å²) in [6.07, 6.45) is 9.65. The lowest BCUT2D eigenvalue weighted by molar-refractivity contribution is 0.740. The molecule has 0 atom stereocenters. The molecule has 0 amide bonds. The second-order valence-electron chi connectivity index (χ2n) is 11.3. The lowest BCUT2D eigenvalue weighted by Crippen LogP contribution is -2.18. The first-order chi connectivity index (χ1) is 15.2. The van der Waals surface area contributed by atoms with Crippen molar-refractivity contribution < 1.29 is 0 Å². The van der Waals surface area contributed by atoms with E-state index in [1.807, 2.05) is 0 Å². The van der Waals surface area contributed by atoms with Crippen molar-refractivity contribution in [3.8, 4) is 23.4 Å². The molecule has 4 rings (SSSR count). The SMILES string of the molecule is C#C[Si](C)(C)C.C[Si](C)(C)C#Cc1ccc(C2(N)CC2)cc1.NC1(c2ccc(I)cc2)CC1. The van der Waals surface area contributed by atoms with Gasteiger partial charge >= 0.3 is 0 Å². The van der Waals surface area contributed by atoms with Gasteiger partial charge in [-0.2, -0.15) is 0 Å². The van der Waals surface area contributed by atoms with Gasteiger partial charge in [0.15, 0.2) is 0 Å². The molecule has 33 heavy (non-hydrogen) atoms. The third-order valence-corrected chi connectivity index (χ3v) is 7.93. The standard InChI is InChI=1S/C14H19NSi.C9H10IN.C5H10Si/c1-16(2,3)11-8-12-4-6-13(7-5-12)14(15)9-10-14;10-8-3-1-7(2-4-8)9(11)5-6-9;1-5-6(2,3)4/h4-7H,9-10,15H2,1-3H3;1-4H,5-6,11H2;1H,2-4H3. The van der Waals surface area contributed by atoms with Gasteiger partial charge in [-0.05, 0) is 83.7 Å². The van der Waals surface area contributed by atoms with Crippen molar-refractivity contribution in [3.05, 3.63) is 68.8 Å². The van der Waals surface area contributed by atoms with E-state index >= 15 is 0 Å². The first kappa shape index (κ1) is 27.9. The third-order valence-electron chi connectivity index (χ3n) is 5.47. The van der Waals surface area contributed by atoms with E-state index in [1.165, 1.54) is 14.7 Å². The molecule has 0 heterocycles. The van der Waals surface area contributed by atoms with Gasteiger partial charge < -0.3 is 11.5 Å². The highest BCUT2D eigenvalue weighted by Gasteiger charge is 2.40. The molecule has 0 saturated heterocycles. The van der Waals surface area contributed by atoms with Gasteiger partial charge in [0.2, 0.25) is 0 Å². The highest BCUT2D eigenvalue weighted by atomic mass is 127. The number of rotatable bonds is 2. The van der Waals surface area contributed by atoms with Crippen LogP contribution >= 0.6 is 22.6 Å². The summed E-state index contributed by atoms with van der Waals surface area (Å²) < 4.78 is 1.27. The summed E-state index contributed by atoms with van der Waals surface area (Å²) in [5, 5.41) is 0. The van der Waals surface area contributed by atoms with Crippen molar-refractivity contribution in [2.45, 2.75) is 76.0 Å². The minimum absolute atomic E-state index is 0.0231. The number of nitrogens with two attached hydrogens (primary N) is 2. The van der Waals surface area contributed by atoms with Crippen LogP contribution in [0.3, 0.4) is 0 Å². The van der Waals surface area contributed by atoms with Gasteiger partial charge in [-0.3, -0.25) is 0 Å². The molecule has 2 aliphatic rings. The Morgan fingerprint density at radius 1 is 0.727 bits per heavy atom. The van der Waals surface area contributed by atoms with Crippen molar-refractivity contribution in [2.24, 2.45) is 11.5 Å². The fourth-order valence-corrected chi connectivity index (χ4v) is 3.65. The number of terminal acetylenes is 1. The maximum Gasteiger partial charge on any atom is 0.129 e. The molecule has 0 aromatic heterocycles.